The Labute approximate surface area is 122 Å². The second-order valence-electron chi connectivity index (χ2n) is 5.17. The molecule has 0 unspecified atom stereocenters. The number of para-hydroxylation sites is 4. The van der Waals surface area contributed by atoms with Gasteiger partial charge in [-0.2, -0.15) is 0 Å². The zero-order valence-electron chi connectivity index (χ0n) is 11.8. The molecule has 4 heteroatoms. The van der Waals surface area contributed by atoms with E-state index in [1.54, 1.807) is 0 Å². The van der Waals surface area contributed by atoms with E-state index in [1.807, 2.05) is 36.9 Å². The van der Waals surface area contributed by atoms with Crippen LogP contribution in [-0.4, -0.2) is 19.1 Å². The van der Waals surface area contributed by atoms with Gasteiger partial charge >= 0.3 is 0 Å². The predicted octanol–water partition coefficient (Wildman–Crippen LogP) is 3.84. The summed E-state index contributed by atoms with van der Waals surface area (Å²) in [5, 5.41) is 0. The van der Waals surface area contributed by atoms with E-state index >= 15 is 0 Å². The molecule has 0 radical (unpaired) electrons. The quantitative estimate of drug-likeness (QED) is 0.570. The summed E-state index contributed by atoms with van der Waals surface area (Å²) in [5.41, 5.74) is 4.37. The smallest absolute Gasteiger partial charge is 0.113 e. The molecule has 4 aromatic rings. The molecule has 0 bridgehead atoms. The van der Waals surface area contributed by atoms with E-state index in [4.69, 9.17) is 0 Å². The van der Waals surface area contributed by atoms with Crippen molar-refractivity contribution in [1.82, 2.24) is 19.1 Å². The molecule has 4 nitrogen and oxygen atoms in total. The molecule has 0 saturated carbocycles. The summed E-state index contributed by atoms with van der Waals surface area (Å²) in [6.45, 7) is 2.19. The summed E-state index contributed by atoms with van der Waals surface area (Å²) in [5.74, 6) is 0. The summed E-state index contributed by atoms with van der Waals surface area (Å²) in [6.07, 6.45) is 5.01. The Balaban J connectivity index is 1.92. The Kier molecular flexibility index (Phi) is 2.74. The van der Waals surface area contributed by atoms with Crippen LogP contribution in [0.5, 0.6) is 0 Å². The van der Waals surface area contributed by atoms with Crippen molar-refractivity contribution in [2.75, 3.05) is 0 Å². The Hall–Kier alpha value is -2.62. The van der Waals surface area contributed by atoms with Gasteiger partial charge < -0.3 is 9.13 Å². The van der Waals surface area contributed by atoms with Gasteiger partial charge in [-0.15, -0.1) is 0 Å². The van der Waals surface area contributed by atoms with Gasteiger partial charge in [0.15, 0.2) is 0 Å². The fourth-order valence-corrected chi connectivity index (χ4v) is 2.96. The van der Waals surface area contributed by atoms with Gasteiger partial charge in [0.2, 0.25) is 0 Å². The van der Waals surface area contributed by atoms with E-state index in [2.05, 4.69) is 50.3 Å². The lowest BCUT2D eigenvalue weighted by Gasteiger charge is -2.20. The van der Waals surface area contributed by atoms with Crippen molar-refractivity contribution < 1.29 is 0 Å². The summed E-state index contributed by atoms with van der Waals surface area (Å²) >= 11 is 0. The maximum Gasteiger partial charge on any atom is 0.113 e. The van der Waals surface area contributed by atoms with Crippen LogP contribution in [0, 0.1) is 0 Å². The van der Waals surface area contributed by atoms with Gasteiger partial charge in [0.1, 0.15) is 6.17 Å². The van der Waals surface area contributed by atoms with Crippen LogP contribution in [0.15, 0.2) is 61.2 Å². The minimum atomic E-state index is 0.185. The average Bonchev–Trinajstić information content (AvgIpc) is 3.14. The number of hydrogen-bond donors (Lipinski definition) is 0. The third-order valence-electron chi connectivity index (χ3n) is 3.97. The van der Waals surface area contributed by atoms with Crippen LogP contribution in [0.3, 0.4) is 0 Å². The molecule has 0 atom stereocenters. The first-order chi connectivity index (χ1) is 10.4. The minimum absolute atomic E-state index is 0.185. The van der Waals surface area contributed by atoms with Crippen molar-refractivity contribution >= 4 is 22.1 Å². The Morgan fingerprint density at radius 2 is 1.29 bits per heavy atom. The highest BCUT2D eigenvalue weighted by atomic mass is 15.2. The molecular formula is C17H16N4. The van der Waals surface area contributed by atoms with Crippen LogP contribution in [0.2, 0.25) is 0 Å². The van der Waals surface area contributed by atoms with E-state index < -0.39 is 0 Å². The second kappa shape index (κ2) is 4.74. The fourth-order valence-electron chi connectivity index (χ4n) is 2.96. The van der Waals surface area contributed by atoms with Gasteiger partial charge in [0.05, 0.1) is 34.7 Å². The highest BCUT2D eigenvalue weighted by Gasteiger charge is 2.16. The van der Waals surface area contributed by atoms with E-state index in [9.17, 15) is 0 Å². The Morgan fingerprint density at radius 1 is 0.810 bits per heavy atom. The number of imidazole rings is 2. The molecule has 2 heterocycles. The molecule has 0 aliphatic carbocycles. The van der Waals surface area contributed by atoms with E-state index in [1.165, 1.54) is 0 Å². The molecule has 0 fully saturated rings. The van der Waals surface area contributed by atoms with Crippen LogP contribution in [-0.2, 0) is 0 Å². The molecule has 4 rings (SSSR count). The molecule has 0 amide bonds. The summed E-state index contributed by atoms with van der Waals surface area (Å²) in [6, 6.07) is 16.5. The topological polar surface area (TPSA) is 35.6 Å². The SMILES string of the molecule is CCC(n1cnc2ccccc21)n1cnc2ccccc21. The Morgan fingerprint density at radius 3 is 1.76 bits per heavy atom. The molecule has 0 spiro atoms. The lowest BCUT2D eigenvalue weighted by atomic mass is 10.2. The third kappa shape index (κ3) is 1.83. The zero-order valence-corrected chi connectivity index (χ0v) is 11.8. The molecule has 0 aliphatic rings. The van der Waals surface area contributed by atoms with E-state index in [0.717, 1.165) is 28.5 Å². The number of fused-ring (bicyclic) bond motifs is 2. The molecule has 0 N–H and O–H groups in total. The van der Waals surface area contributed by atoms with Crippen LogP contribution >= 0.6 is 0 Å². The highest BCUT2D eigenvalue weighted by molar-refractivity contribution is 5.76. The number of aromatic nitrogens is 4. The van der Waals surface area contributed by atoms with E-state index in [0.29, 0.717) is 0 Å². The maximum absolute atomic E-state index is 4.51. The van der Waals surface area contributed by atoms with Crippen LogP contribution in [0.1, 0.15) is 19.5 Å². The second-order valence-corrected chi connectivity index (χ2v) is 5.17. The van der Waals surface area contributed by atoms with Crippen LogP contribution < -0.4 is 0 Å². The molecule has 0 aliphatic heterocycles. The zero-order chi connectivity index (χ0) is 14.2. The van der Waals surface area contributed by atoms with Gasteiger partial charge in [-0.25, -0.2) is 9.97 Å². The van der Waals surface area contributed by atoms with Gasteiger partial charge in [-0.05, 0) is 30.7 Å². The first-order valence-electron chi connectivity index (χ1n) is 7.21. The minimum Gasteiger partial charge on any atom is -0.309 e. The van der Waals surface area contributed by atoms with Crippen molar-refractivity contribution in [3.8, 4) is 0 Å². The molecule has 104 valence electrons. The standard InChI is InChI=1S/C17H16N4/c1-2-17(20-11-18-13-7-3-5-9-15(13)20)21-12-19-14-8-4-6-10-16(14)21/h3-12,17H,2H2,1H3. The summed E-state index contributed by atoms with van der Waals surface area (Å²) in [7, 11) is 0. The third-order valence-corrected chi connectivity index (χ3v) is 3.97. The van der Waals surface area contributed by atoms with Gasteiger partial charge in [-0.3, -0.25) is 0 Å². The fraction of sp³-hybridized carbons (Fsp3) is 0.176. The van der Waals surface area contributed by atoms with Gasteiger partial charge in [0.25, 0.3) is 0 Å². The van der Waals surface area contributed by atoms with Crippen molar-refractivity contribution in [2.45, 2.75) is 19.5 Å². The maximum atomic E-state index is 4.51. The Bertz CT molecular complexity index is 829. The molecule has 2 aromatic carbocycles. The number of benzene rings is 2. The molecule has 2 aromatic heterocycles. The van der Waals surface area contributed by atoms with Crippen LogP contribution in [0.25, 0.3) is 22.1 Å². The molecule has 21 heavy (non-hydrogen) atoms. The number of nitrogens with zero attached hydrogens (tertiary/aromatic N) is 4. The van der Waals surface area contributed by atoms with E-state index in [-0.39, 0.29) is 6.17 Å². The van der Waals surface area contributed by atoms with Crippen molar-refractivity contribution in [3.05, 3.63) is 61.2 Å². The van der Waals surface area contributed by atoms with Crippen molar-refractivity contribution in [3.63, 3.8) is 0 Å². The van der Waals surface area contributed by atoms with Crippen molar-refractivity contribution in [1.29, 1.82) is 0 Å². The lowest BCUT2D eigenvalue weighted by Crippen LogP contribution is -2.15. The lowest BCUT2D eigenvalue weighted by molar-refractivity contribution is 0.437. The number of rotatable bonds is 3. The van der Waals surface area contributed by atoms with Gasteiger partial charge in [-0.1, -0.05) is 31.2 Å². The van der Waals surface area contributed by atoms with Crippen molar-refractivity contribution in [2.24, 2.45) is 0 Å². The average molecular weight is 276 g/mol. The first kappa shape index (κ1) is 12.1. The molecular weight excluding hydrogens is 260 g/mol. The predicted molar refractivity (Wildman–Crippen MR) is 84.2 cm³/mol. The summed E-state index contributed by atoms with van der Waals surface area (Å²) in [4.78, 5) is 9.01. The highest BCUT2D eigenvalue weighted by Crippen LogP contribution is 2.25. The number of hydrogen-bond acceptors (Lipinski definition) is 2. The van der Waals surface area contributed by atoms with Gasteiger partial charge in [0, 0.05) is 0 Å². The summed E-state index contributed by atoms with van der Waals surface area (Å²) < 4.78 is 4.45. The molecule has 0 saturated heterocycles. The normalized spacial score (nSPS) is 11.7. The largest absolute Gasteiger partial charge is 0.309 e. The monoisotopic (exact) mass is 276 g/mol. The van der Waals surface area contributed by atoms with Crippen LogP contribution in [0.4, 0.5) is 0 Å². The first-order valence-corrected chi connectivity index (χ1v) is 7.21.